The summed E-state index contributed by atoms with van der Waals surface area (Å²) in [6, 6.07) is 22.6. The van der Waals surface area contributed by atoms with Crippen molar-refractivity contribution >= 4 is 22.7 Å². The zero-order valence-electron chi connectivity index (χ0n) is 16.2. The van der Waals surface area contributed by atoms with Gasteiger partial charge in [0.1, 0.15) is 11.3 Å². The van der Waals surface area contributed by atoms with Crippen LogP contribution in [0.4, 0.5) is 5.69 Å². The lowest BCUT2D eigenvalue weighted by atomic mass is 10.1. The molecule has 4 rings (SSSR count). The number of nitrogens with one attached hydrogen (secondary N) is 1. The van der Waals surface area contributed by atoms with Crippen LogP contribution in [0, 0.1) is 0 Å². The molecule has 0 bridgehead atoms. The van der Waals surface area contributed by atoms with E-state index >= 15 is 0 Å². The lowest BCUT2D eigenvalue weighted by Gasteiger charge is -2.08. The van der Waals surface area contributed by atoms with Gasteiger partial charge in [0.2, 0.25) is 0 Å². The Labute approximate surface area is 169 Å². The fourth-order valence-electron chi connectivity index (χ4n) is 3.00. The summed E-state index contributed by atoms with van der Waals surface area (Å²) < 4.78 is 11.3. The second kappa shape index (κ2) is 8.61. The standard InChI is InChI=1S/C24H22N2O3/c1-2-15-28-20-13-9-18(10-14-20)24(27)25-19-11-7-17(8-12-19)16-23-26-21-5-3-4-6-22(21)29-23/h3-14H,2,15-16H2,1H3,(H,25,27). The van der Waals surface area contributed by atoms with Gasteiger partial charge < -0.3 is 14.5 Å². The first-order chi connectivity index (χ1) is 14.2. The molecular weight excluding hydrogens is 364 g/mol. The number of ether oxygens (including phenoxy) is 1. The van der Waals surface area contributed by atoms with Gasteiger partial charge >= 0.3 is 0 Å². The summed E-state index contributed by atoms with van der Waals surface area (Å²) in [5, 5.41) is 2.91. The number of aromatic nitrogens is 1. The van der Waals surface area contributed by atoms with Gasteiger partial charge in [0.25, 0.3) is 5.91 Å². The first-order valence-corrected chi connectivity index (χ1v) is 9.69. The van der Waals surface area contributed by atoms with Gasteiger partial charge in [-0.15, -0.1) is 0 Å². The number of hydrogen-bond acceptors (Lipinski definition) is 4. The fraction of sp³-hybridized carbons (Fsp3) is 0.167. The van der Waals surface area contributed by atoms with E-state index in [0.717, 1.165) is 34.5 Å². The molecule has 146 valence electrons. The van der Waals surface area contributed by atoms with Gasteiger partial charge in [-0.05, 0) is 60.5 Å². The summed E-state index contributed by atoms with van der Waals surface area (Å²) in [6.07, 6.45) is 1.55. The zero-order chi connectivity index (χ0) is 20.1. The molecule has 0 saturated carbocycles. The minimum Gasteiger partial charge on any atom is -0.494 e. The van der Waals surface area contributed by atoms with Crippen LogP contribution in [-0.4, -0.2) is 17.5 Å². The SMILES string of the molecule is CCCOc1ccc(C(=O)Nc2ccc(Cc3nc4ccccc4o3)cc2)cc1. The highest BCUT2D eigenvalue weighted by Crippen LogP contribution is 2.19. The van der Waals surface area contributed by atoms with Crippen LogP contribution in [0.1, 0.15) is 35.2 Å². The van der Waals surface area contributed by atoms with Crippen molar-refractivity contribution in [2.45, 2.75) is 19.8 Å². The molecule has 4 aromatic rings. The lowest BCUT2D eigenvalue weighted by molar-refractivity contribution is 0.102. The maximum absolute atomic E-state index is 12.4. The van der Waals surface area contributed by atoms with E-state index in [1.54, 1.807) is 12.1 Å². The molecule has 1 heterocycles. The number of amides is 1. The number of anilines is 1. The van der Waals surface area contributed by atoms with E-state index in [9.17, 15) is 4.79 Å². The van der Waals surface area contributed by atoms with Crippen LogP contribution in [-0.2, 0) is 6.42 Å². The van der Waals surface area contributed by atoms with E-state index in [1.165, 1.54) is 0 Å². The molecule has 1 N–H and O–H groups in total. The molecule has 5 heteroatoms. The molecule has 3 aromatic carbocycles. The minimum absolute atomic E-state index is 0.154. The molecular formula is C24H22N2O3. The molecule has 0 fully saturated rings. The average Bonchev–Trinajstić information content (AvgIpc) is 3.16. The van der Waals surface area contributed by atoms with Gasteiger partial charge in [-0.3, -0.25) is 4.79 Å². The largest absolute Gasteiger partial charge is 0.494 e. The van der Waals surface area contributed by atoms with E-state index in [-0.39, 0.29) is 5.91 Å². The summed E-state index contributed by atoms with van der Waals surface area (Å²) in [7, 11) is 0. The van der Waals surface area contributed by atoms with Crippen LogP contribution in [0.3, 0.4) is 0 Å². The summed E-state index contributed by atoms with van der Waals surface area (Å²) in [5.41, 5.74) is 4.04. The number of para-hydroxylation sites is 2. The van der Waals surface area contributed by atoms with Gasteiger partial charge in [0, 0.05) is 17.7 Å². The number of benzene rings is 3. The maximum atomic E-state index is 12.4. The zero-order valence-corrected chi connectivity index (χ0v) is 16.2. The van der Waals surface area contributed by atoms with Crippen LogP contribution < -0.4 is 10.1 Å². The van der Waals surface area contributed by atoms with Crippen LogP contribution in [0.25, 0.3) is 11.1 Å². The van der Waals surface area contributed by atoms with Crippen molar-refractivity contribution in [2.75, 3.05) is 11.9 Å². The number of carbonyl (C=O) groups excluding carboxylic acids is 1. The second-order valence-corrected chi connectivity index (χ2v) is 6.78. The Balaban J connectivity index is 1.38. The number of hydrogen-bond donors (Lipinski definition) is 1. The van der Waals surface area contributed by atoms with Gasteiger partial charge in [0.05, 0.1) is 6.61 Å². The summed E-state index contributed by atoms with van der Waals surface area (Å²) in [4.78, 5) is 16.9. The molecule has 29 heavy (non-hydrogen) atoms. The Morgan fingerprint density at radius 1 is 1.00 bits per heavy atom. The number of carbonyl (C=O) groups is 1. The molecule has 0 radical (unpaired) electrons. The van der Waals surface area contributed by atoms with Crippen LogP contribution in [0.15, 0.2) is 77.2 Å². The van der Waals surface area contributed by atoms with Crippen molar-refractivity contribution in [3.8, 4) is 5.75 Å². The van der Waals surface area contributed by atoms with E-state index < -0.39 is 0 Å². The second-order valence-electron chi connectivity index (χ2n) is 6.78. The summed E-state index contributed by atoms with van der Waals surface area (Å²) in [6.45, 7) is 2.72. The van der Waals surface area contributed by atoms with Crippen LogP contribution in [0.2, 0.25) is 0 Å². The Morgan fingerprint density at radius 3 is 2.48 bits per heavy atom. The van der Waals surface area contributed by atoms with E-state index in [2.05, 4.69) is 17.2 Å². The predicted molar refractivity (Wildman–Crippen MR) is 113 cm³/mol. The van der Waals surface area contributed by atoms with Crippen molar-refractivity contribution in [1.29, 1.82) is 0 Å². The molecule has 1 amide bonds. The van der Waals surface area contributed by atoms with Gasteiger partial charge in [-0.1, -0.05) is 31.2 Å². The van der Waals surface area contributed by atoms with Crippen molar-refractivity contribution < 1.29 is 13.9 Å². The number of oxazole rings is 1. The van der Waals surface area contributed by atoms with E-state index in [4.69, 9.17) is 9.15 Å². The van der Waals surface area contributed by atoms with Crippen molar-refractivity contribution in [2.24, 2.45) is 0 Å². The van der Waals surface area contributed by atoms with Crippen LogP contribution in [0.5, 0.6) is 5.75 Å². The highest BCUT2D eigenvalue weighted by Gasteiger charge is 2.08. The maximum Gasteiger partial charge on any atom is 0.255 e. The highest BCUT2D eigenvalue weighted by atomic mass is 16.5. The summed E-state index contributed by atoms with van der Waals surface area (Å²) >= 11 is 0. The molecule has 1 aromatic heterocycles. The molecule has 0 saturated heterocycles. The Bertz CT molecular complexity index is 1070. The Morgan fingerprint density at radius 2 is 1.76 bits per heavy atom. The topological polar surface area (TPSA) is 64.4 Å². The van der Waals surface area contributed by atoms with Crippen molar-refractivity contribution in [3.05, 3.63) is 89.8 Å². The third-order valence-corrected chi connectivity index (χ3v) is 4.49. The molecule has 0 unspecified atom stereocenters. The molecule has 0 aliphatic rings. The van der Waals surface area contributed by atoms with Crippen molar-refractivity contribution in [1.82, 2.24) is 4.98 Å². The van der Waals surface area contributed by atoms with Gasteiger partial charge in [-0.2, -0.15) is 0 Å². The van der Waals surface area contributed by atoms with Crippen LogP contribution >= 0.6 is 0 Å². The third kappa shape index (κ3) is 4.63. The molecule has 0 atom stereocenters. The smallest absolute Gasteiger partial charge is 0.255 e. The minimum atomic E-state index is -0.154. The monoisotopic (exact) mass is 386 g/mol. The molecule has 5 nitrogen and oxygen atoms in total. The summed E-state index contributed by atoms with van der Waals surface area (Å²) in [5.74, 6) is 1.29. The first-order valence-electron chi connectivity index (χ1n) is 9.69. The van der Waals surface area contributed by atoms with E-state index in [1.807, 2.05) is 60.7 Å². The fourth-order valence-corrected chi connectivity index (χ4v) is 3.00. The van der Waals surface area contributed by atoms with E-state index in [0.29, 0.717) is 24.5 Å². The number of rotatable bonds is 7. The van der Waals surface area contributed by atoms with Gasteiger partial charge in [0.15, 0.2) is 11.5 Å². The molecule has 0 spiro atoms. The predicted octanol–water partition coefficient (Wildman–Crippen LogP) is 5.46. The normalized spacial score (nSPS) is 10.8. The Kier molecular flexibility index (Phi) is 5.56. The average molecular weight is 386 g/mol. The number of nitrogens with zero attached hydrogens (tertiary/aromatic N) is 1. The lowest BCUT2D eigenvalue weighted by Crippen LogP contribution is -2.11. The quantitative estimate of drug-likeness (QED) is 0.458. The first kappa shape index (κ1) is 18.7. The highest BCUT2D eigenvalue weighted by molar-refractivity contribution is 6.04. The molecule has 0 aliphatic heterocycles. The third-order valence-electron chi connectivity index (χ3n) is 4.49. The Hall–Kier alpha value is -3.60. The molecule has 0 aliphatic carbocycles. The van der Waals surface area contributed by atoms with Crippen molar-refractivity contribution in [3.63, 3.8) is 0 Å². The van der Waals surface area contributed by atoms with Gasteiger partial charge in [-0.25, -0.2) is 4.98 Å². The number of fused-ring (bicyclic) bond motifs is 1.